The molecule has 74 valence electrons. The van der Waals surface area contributed by atoms with Crippen molar-refractivity contribution in [3.63, 3.8) is 0 Å². The van der Waals surface area contributed by atoms with Crippen LogP contribution in [-0.4, -0.2) is 6.68 Å². The van der Waals surface area contributed by atoms with Gasteiger partial charge >= 0.3 is 6.68 Å². The molecule has 13 heavy (non-hydrogen) atoms. The Morgan fingerprint density at radius 3 is 1.85 bits per heavy atom. The maximum absolute atomic E-state index is 12.3. The Morgan fingerprint density at radius 2 is 1.54 bits per heavy atom. The second-order valence-corrected chi connectivity index (χ2v) is 2.64. The summed E-state index contributed by atoms with van der Waals surface area (Å²) >= 11 is 2.83. The van der Waals surface area contributed by atoms with Crippen LogP contribution in [0.25, 0.3) is 0 Å². The zero-order chi connectivity index (χ0) is 10.4. The Labute approximate surface area is 79.5 Å². The zero-order valence-corrected chi connectivity index (χ0v) is 7.66. The van der Waals surface area contributed by atoms with Crippen molar-refractivity contribution in [1.82, 2.24) is 0 Å². The van der Waals surface area contributed by atoms with Crippen molar-refractivity contribution in [2.45, 2.75) is 6.68 Å². The van der Waals surface area contributed by atoms with E-state index in [9.17, 15) is 22.0 Å². The number of halogens is 6. The second-order valence-electron chi connectivity index (χ2n) is 1.78. The minimum atomic E-state index is -3.67. The summed E-state index contributed by atoms with van der Waals surface area (Å²) in [5.41, 5.74) is 0. The molecule has 1 aromatic rings. The molecule has 6 heteroatoms. The minimum absolute atomic E-state index is 0.155. The molecule has 0 saturated heterocycles. The van der Waals surface area contributed by atoms with E-state index in [4.69, 9.17) is 0 Å². The third-order valence-corrected chi connectivity index (χ3v) is 1.52. The molecule has 0 saturated carbocycles. The number of hydrogen-bond acceptors (Lipinski definition) is 0. The summed E-state index contributed by atoms with van der Waals surface area (Å²) < 4.78 is 53.6. The highest BCUT2D eigenvalue weighted by Gasteiger charge is 2.02. The molecule has 0 aliphatic carbocycles. The van der Waals surface area contributed by atoms with Gasteiger partial charge in [-0.25, -0.2) is 8.78 Å². The van der Waals surface area contributed by atoms with Crippen molar-refractivity contribution in [1.29, 1.82) is 0 Å². The molecule has 1 aromatic carbocycles. The van der Waals surface area contributed by atoms with Crippen molar-refractivity contribution in [3.8, 4) is 0 Å². The first-order chi connectivity index (χ1) is 5.95. The fourth-order valence-corrected chi connectivity index (χ4v) is 0.819. The monoisotopic (exact) mass is 262 g/mol. The van der Waals surface area contributed by atoms with Gasteiger partial charge in [-0.1, -0.05) is 6.07 Å². The van der Waals surface area contributed by atoms with Crippen LogP contribution >= 0.6 is 15.9 Å². The highest BCUT2D eigenvalue weighted by atomic mass is 79.9. The molecule has 0 nitrogen and oxygen atoms in total. The van der Waals surface area contributed by atoms with E-state index in [1.165, 1.54) is 12.1 Å². The van der Waals surface area contributed by atoms with Gasteiger partial charge in [0.25, 0.3) is 0 Å². The van der Waals surface area contributed by atoms with Crippen LogP contribution in [0.3, 0.4) is 0 Å². The highest BCUT2D eigenvalue weighted by Crippen LogP contribution is 2.16. The van der Waals surface area contributed by atoms with E-state index in [0.717, 1.165) is 6.07 Å². The molecular weight excluding hydrogens is 259 g/mol. The topological polar surface area (TPSA) is 0 Å². The van der Waals surface area contributed by atoms with E-state index in [1.807, 2.05) is 0 Å². The van der Waals surface area contributed by atoms with Gasteiger partial charge in [0.05, 0.1) is 4.47 Å². The van der Waals surface area contributed by atoms with E-state index in [1.54, 1.807) is 0 Å². The number of hydrogen-bond donors (Lipinski definition) is 0. The van der Waals surface area contributed by atoms with E-state index in [0.29, 0.717) is 0 Å². The summed E-state index contributed by atoms with van der Waals surface area (Å²) in [4.78, 5) is 0. The zero-order valence-electron chi connectivity index (χ0n) is 6.08. The third kappa shape index (κ3) is 5.57. The van der Waals surface area contributed by atoms with Gasteiger partial charge in [0.2, 0.25) is 0 Å². The first-order valence-electron chi connectivity index (χ1n) is 2.97. The van der Waals surface area contributed by atoms with Crippen LogP contribution in [0.5, 0.6) is 0 Å². The molecule has 0 bridgehead atoms. The number of rotatable bonds is 0. The molecule has 0 aliphatic rings. The average Bonchev–Trinajstić information content (AvgIpc) is 1.99. The van der Waals surface area contributed by atoms with Crippen molar-refractivity contribution in [2.75, 3.05) is 0 Å². The fraction of sp³-hybridized carbons (Fsp3) is 0.143. The molecule has 0 amide bonds. The van der Waals surface area contributed by atoms with E-state index < -0.39 is 18.3 Å². The molecule has 0 atom stereocenters. The van der Waals surface area contributed by atoms with Gasteiger partial charge in [-0.3, -0.25) is 0 Å². The molecular formula is C7H4BrF5. The summed E-state index contributed by atoms with van der Waals surface area (Å²) in [5, 5.41) is 0. The van der Waals surface area contributed by atoms with Gasteiger partial charge in [-0.05, 0) is 28.1 Å². The van der Waals surface area contributed by atoms with Crippen LogP contribution < -0.4 is 0 Å². The van der Waals surface area contributed by atoms with Crippen LogP contribution in [0, 0.1) is 11.6 Å². The summed E-state index contributed by atoms with van der Waals surface area (Å²) in [6, 6.07) is 3.95. The Morgan fingerprint density at radius 1 is 1.08 bits per heavy atom. The molecule has 0 fully saturated rings. The van der Waals surface area contributed by atoms with Crippen molar-refractivity contribution >= 4 is 15.9 Å². The first kappa shape index (κ1) is 12.3. The van der Waals surface area contributed by atoms with E-state index in [-0.39, 0.29) is 4.47 Å². The lowest BCUT2D eigenvalue weighted by Crippen LogP contribution is -1.81. The summed E-state index contributed by atoms with van der Waals surface area (Å²) in [6.07, 6.45) is 0. The molecule has 0 spiro atoms. The van der Waals surface area contributed by atoms with Crippen LogP contribution in [0.4, 0.5) is 22.0 Å². The summed E-state index contributed by atoms with van der Waals surface area (Å²) in [7, 11) is 0. The molecule has 0 aliphatic heterocycles. The van der Waals surface area contributed by atoms with Gasteiger partial charge in [-0.2, -0.15) is 13.2 Å². The smallest absolute Gasteiger partial charge is 0.204 e. The van der Waals surface area contributed by atoms with Gasteiger partial charge in [-0.15, -0.1) is 0 Å². The van der Waals surface area contributed by atoms with Gasteiger partial charge in [0.15, 0.2) is 11.6 Å². The fourth-order valence-electron chi connectivity index (χ4n) is 0.477. The molecule has 0 N–H and O–H groups in total. The Kier molecular flexibility index (Phi) is 5.61. The van der Waals surface area contributed by atoms with E-state index in [2.05, 4.69) is 15.9 Å². The van der Waals surface area contributed by atoms with Gasteiger partial charge in [0, 0.05) is 0 Å². The largest absolute Gasteiger partial charge is 0.379 e. The maximum Gasteiger partial charge on any atom is 0.379 e. The van der Waals surface area contributed by atoms with Gasteiger partial charge in [0.1, 0.15) is 0 Å². The lowest BCUT2D eigenvalue weighted by molar-refractivity contribution is 0.00819. The van der Waals surface area contributed by atoms with Crippen LogP contribution in [0.2, 0.25) is 0 Å². The Balaban J connectivity index is 0.000000310. The quantitative estimate of drug-likeness (QED) is 0.491. The molecule has 1 rings (SSSR count). The maximum atomic E-state index is 12.3. The Bertz CT molecular complexity index is 240. The van der Waals surface area contributed by atoms with Gasteiger partial charge < -0.3 is 0 Å². The Hall–Kier alpha value is -0.650. The molecule has 0 unspecified atom stereocenters. The van der Waals surface area contributed by atoms with Crippen molar-refractivity contribution < 1.29 is 22.0 Å². The summed E-state index contributed by atoms with van der Waals surface area (Å²) in [5.74, 6) is -1.66. The normalized spacial score (nSPS) is 9.46. The highest BCUT2D eigenvalue weighted by molar-refractivity contribution is 9.10. The van der Waals surface area contributed by atoms with E-state index >= 15 is 0 Å². The number of alkyl halides is 3. The predicted octanol–water partition coefficient (Wildman–Crippen LogP) is 3.91. The number of benzene rings is 1. The lowest BCUT2D eigenvalue weighted by Gasteiger charge is -1.91. The molecule has 0 aromatic heterocycles. The first-order valence-corrected chi connectivity index (χ1v) is 3.76. The SMILES string of the molecule is FC(F)F.Fc1cccc(Br)c1F. The lowest BCUT2D eigenvalue weighted by atomic mass is 10.3. The standard InChI is InChI=1S/C6H3BrF2.CHF3/c7-4-2-1-3-5(8)6(4)9;2-1(3)4/h1-3H;1H. The molecule has 0 radical (unpaired) electrons. The third-order valence-electron chi connectivity index (χ3n) is 0.904. The van der Waals surface area contributed by atoms with Crippen LogP contribution in [0.1, 0.15) is 0 Å². The predicted molar refractivity (Wildman–Crippen MR) is 41.2 cm³/mol. The average molecular weight is 263 g/mol. The van der Waals surface area contributed by atoms with Crippen molar-refractivity contribution in [3.05, 3.63) is 34.3 Å². The second kappa shape index (κ2) is 5.90. The van der Waals surface area contributed by atoms with Crippen molar-refractivity contribution in [2.24, 2.45) is 0 Å². The summed E-state index contributed by atoms with van der Waals surface area (Å²) in [6.45, 7) is -3.67. The van der Waals surface area contributed by atoms with Crippen LogP contribution in [0.15, 0.2) is 22.7 Å². The van der Waals surface area contributed by atoms with Crippen LogP contribution in [-0.2, 0) is 0 Å². The minimum Gasteiger partial charge on any atom is -0.204 e. The molecule has 0 heterocycles.